The van der Waals surface area contributed by atoms with E-state index in [9.17, 15) is 34.9 Å². The van der Waals surface area contributed by atoms with Gasteiger partial charge in [0.05, 0.1) is 39.4 Å². The van der Waals surface area contributed by atoms with Gasteiger partial charge in [0.1, 0.15) is 0 Å². The maximum atomic E-state index is 15.3. The molecule has 1 heterocycles. The molecule has 0 unspecified atom stereocenters. The topological polar surface area (TPSA) is 190 Å². The maximum absolute atomic E-state index is 15.3. The van der Waals surface area contributed by atoms with Crippen molar-refractivity contribution >= 4 is 51.7 Å². The number of hydrogen-bond acceptors (Lipinski definition) is 11. The standard InChI is InChI=1S/C44H38N4O10/c1-4-58-36-19-25(15-18-35(36)49)39-28-16-17-29-38(43(53)46(42(29)52)27-20-33(47(54)55)40(45(2)3)34(21-27)48(56)57)31(28)22-32-41(51)30(24-11-7-5-8-12-24)23-37(50)44(32,39)26-13-9-6-10-14-26/h5-16,18-21,23,29,31-32,38-39,49H,4,17,22H2,1-3H3/t29-,31+,32-,38-,39-,44-/m0/s1. The first kappa shape index (κ1) is 37.9. The quantitative estimate of drug-likeness (QED) is 0.0823. The number of rotatable bonds is 9. The zero-order valence-electron chi connectivity index (χ0n) is 31.7. The molecule has 0 spiro atoms. The molecule has 1 saturated heterocycles. The Labute approximate surface area is 332 Å². The Morgan fingerprint density at radius 3 is 2.10 bits per heavy atom. The molecule has 0 aromatic heterocycles. The lowest BCUT2D eigenvalue weighted by Crippen LogP contribution is -2.58. The van der Waals surface area contributed by atoms with Gasteiger partial charge in [-0.3, -0.25) is 39.4 Å². The number of phenolic OH excluding ortho intramolecular Hbond substituents is 1. The monoisotopic (exact) mass is 782 g/mol. The van der Waals surface area contributed by atoms with Gasteiger partial charge in [0.15, 0.2) is 28.8 Å². The molecular weight excluding hydrogens is 745 g/mol. The Hall–Kier alpha value is -6.96. The summed E-state index contributed by atoms with van der Waals surface area (Å²) in [6, 6.07) is 24.6. The van der Waals surface area contributed by atoms with Gasteiger partial charge in [-0.1, -0.05) is 78.4 Å². The van der Waals surface area contributed by atoms with Crippen molar-refractivity contribution in [2.24, 2.45) is 23.7 Å². The van der Waals surface area contributed by atoms with Crippen LogP contribution < -0.4 is 14.5 Å². The number of nitro groups is 2. The van der Waals surface area contributed by atoms with Crippen molar-refractivity contribution in [3.05, 3.63) is 146 Å². The summed E-state index contributed by atoms with van der Waals surface area (Å²) in [6.07, 6.45) is 3.31. The first-order chi connectivity index (χ1) is 27.8. The number of Topliss-reactive ketones (excluding diaryl/α,β-unsaturated/α-hetero) is 1. The van der Waals surface area contributed by atoms with Crippen molar-refractivity contribution in [3.63, 3.8) is 0 Å². The van der Waals surface area contributed by atoms with Crippen LogP contribution in [0.5, 0.6) is 11.5 Å². The van der Waals surface area contributed by atoms with E-state index in [1.165, 1.54) is 31.1 Å². The number of benzene rings is 4. The van der Waals surface area contributed by atoms with Crippen molar-refractivity contribution in [2.75, 3.05) is 30.5 Å². The summed E-state index contributed by atoms with van der Waals surface area (Å²) in [6.45, 7) is 1.99. The van der Waals surface area contributed by atoms with E-state index < -0.39 is 68.0 Å². The van der Waals surface area contributed by atoms with Gasteiger partial charge >= 0.3 is 11.4 Å². The van der Waals surface area contributed by atoms with Crippen LogP contribution in [0.3, 0.4) is 0 Å². The number of phenols is 1. The van der Waals surface area contributed by atoms with Crippen LogP contribution in [-0.4, -0.2) is 59.0 Å². The Morgan fingerprint density at radius 1 is 0.862 bits per heavy atom. The normalized spacial score (nSPS) is 24.9. The molecule has 4 aliphatic rings. The summed E-state index contributed by atoms with van der Waals surface area (Å²) >= 11 is 0. The molecule has 4 aromatic rings. The molecule has 1 aliphatic heterocycles. The van der Waals surface area contributed by atoms with Crippen LogP contribution in [0.4, 0.5) is 22.7 Å². The summed E-state index contributed by atoms with van der Waals surface area (Å²) < 4.78 is 5.80. The number of aromatic hydroxyl groups is 1. The number of nitro benzene ring substituents is 2. The first-order valence-electron chi connectivity index (χ1n) is 18.9. The highest BCUT2D eigenvalue weighted by Crippen LogP contribution is 2.64. The number of hydrogen-bond donors (Lipinski definition) is 1. The zero-order valence-corrected chi connectivity index (χ0v) is 31.7. The number of imide groups is 1. The number of nitrogens with zero attached hydrogens (tertiary/aromatic N) is 4. The van der Waals surface area contributed by atoms with Crippen LogP contribution in [-0.2, 0) is 24.6 Å². The van der Waals surface area contributed by atoms with Gasteiger partial charge in [0, 0.05) is 43.6 Å². The third-order valence-corrected chi connectivity index (χ3v) is 12.1. The highest BCUT2D eigenvalue weighted by atomic mass is 16.6. The predicted molar refractivity (Wildman–Crippen MR) is 212 cm³/mol. The maximum Gasteiger partial charge on any atom is 0.301 e. The number of carbonyl (C=O) groups is 4. The van der Waals surface area contributed by atoms with Gasteiger partial charge in [-0.2, -0.15) is 0 Å². The molecule has 0 radical (unpaired) electrons. The van der Waals surface area contributed by atoms with E-state index in [0.29, 0.717) is 22.3 Å². The number of carbonyl (C=O) groups excluding carboxylic acids is 4. The van der Waals surface area contributed by atoms with E-state index in [1.54, 1.807) is 61.5 Å². The van der Waals surface area contributed by atoms with Crippen LogP contribution in [0.15, 0.2) is 109 Å². The zero-order chi connectivity index (χ0) is 41.2. The molecule has 1 saturated carbocycles. The average molecular weight is 783 g/mol. The number of allylic oxidation sites excluding steroid dienone is 4. The molecule has 2 fully saturated rings. The van der Waals surface area contributed by atoms with Crippen molar-refractivity contribution in [2.45, 2.75) is 31.1 Å². The van der Waals surface area contributed by atoms with Crippen molar-refractivity contribution < 1.29 is 38.9 Å². The highest BCUT2D eigenvalue weighted by Gasteiger charge is 2.66. The van der Waals surface area contributed by atoms with E-state index >= 15 is 9.59 Å². The summed E-state index contributed by atoms with van der Waals surface area (Å²) in [7, 11) is 2.83. The lowest BCUT2D eigenvalue weighted by Gasteiger charge is -2.55. The Bertz CT molecular complexity index is 2460. The predicted octanol–water partition coefficient (Wildman–Crippen LogP) is 6.70. The molecule has 14 nitrogen and oxygen atoms in total. The molecule has 1 N–H and O–H groups in total. The molecular formula is C44H38N4O10. The van der Waals surface area contributed by atoms with Gasteiger partial charge in [-0.15, -0.1) is 0 Å². The average Bonchev–Trinajstić information content (AvgIpc) is 3.48. The largest absolute Gasteiger partial charge is 0.504 e. The highest BCUT2D eigenvalue weighted by molar-refractivity contribution is 6.32. The fourth-order valence-electron chi connectivity index (χ4n) is 9.94. The molecule has 294 valence electrons. The van der Waals surface area contributed by atoms with Crippen molar-refractivity contribution in [1.82, 2.24) is 0 Å². The molecule has 4 aromatic carbocycles. The van der Waals surface area contributed by atoms with Gasteiger partial charge in [-0.05, 0) is 60.6 Å². The third-order valence-electron chi connectivity index (χ3n) is 12.1. The van der Waals surface area contributed by atoms with E-state index in [2.05, 4.69) is 0 Å². The summed E-state index contributed by atoms with van der Waals surface area (Å²) in [5.74, 6) is -6.76. The van der Waals surface area contributed by atoms with Gasteiger partial charge < -0.3 is 14.7 Å². The van der Waals surface area contributed by atoms with Crippen LogP contribution in [0.25, 0.3) is 5.57 Å². The SMILES string of the molecule is CCOc1cc([C@H]2C3=CC[C@@H]4C(=O)N(c5cc([N+](=O)[O-])c(N(C)C)c([N+](=O)[O-])c5)C(=O)[C@@H]4[C@@H]3C[C@H]3C(=O)C(c4ccccc4)=CC(=O)[C@@]23c2ccccc2)ccc1O. The van der Waals surface area contributed by atoms with Crippen molar-refractivity contribution in [1.29, 1.82) is 0 Å². The molecule has 6 atom stereocenters. The van der Waals surface area contributed by atoms with Gasteiger partial charge in [0.25, 0.3) is 0 Å². The summed E-state index contributed by atoms with van der Waals surface area (Å²) in [4.78, 5) is 84.7. The van der Waals surface area contributed by atoms with E-state index in [-0.39, 0.29) is 59.5 Å². The van der Waals surface area contributed by atoms with Gasteiger partial charge in [-0.25, -0.2) is 4.90 Å². The number of fused-ring (bicyclic) bond motifs is 4. The number of anilines is 2. The fourth-order valence-corrected chi connectivity index (χ4v) is 9.94. The summed E-state index contributed by atoms with van der Waals surface area (Å²) in [5.41, 5.74) is -0.901. The van der Waals surface area contributed by atoms with Crippen LogP contribution in [0.1, 0.15) is 42.4 Å². The second kappa shape index (κ2) is 14.2. The third kappa shape index (κ3) is 5.61. The van der Waals surface area contributed by atoms with E-state index in [4.69, 9.17) is 4.74 Å². The van der Waals surface area contributed by atoms with Gasteiger partial charge in [0.2, 0.25) is 11.8 Å². The molecule has 3 aliphatic carbocycles. The van der Waals surface area contributed by atoms with Crippen LogP contribution in [0.2, 0.25) is 0 Å². The minimum atomic E-state index is -1.53. The number of ether oxygens (including phenoxy) is 1. The van der Waals surface area contributed by atoms with Crippen molar-refractivity contribution in [3.8, 4) is 11.5 Å². The first-order valence-corrected chi connectivity index (χ1v) is 18.9. The number of amides is 2. The van der Waals surface area contributed by atoms with E-state index in [1.807, 2.05) is 24.3 Å². The Morgan fingerprint density at radius 2 is 1.50 bits per heavy atom. The lowest BCUT2D eigenvalue weighted by atomic mass is 9.44. The Kier molecular flexibility index (Phi) is 9.29. The smallest absolute Gasteiger partial charge is 0.301 e. The minimum absolute atomic E-state index is 0.00371. The fraction of sp³-hybridized carbons (Fsp3) is 0.273. The number of ketones is 2. The molecule has 14 heteroatoms. The van der Waals surface area contributed by atoms with Crippen LogP contribution >= 0.6 is 0 Å². The van der Waals surface area contributed by atoms with E-state index in [0.717, 1.165) is 17.0 Å². The van der Waals surface area contributed by atoms with Crippen LogP contribution in [0, 0.1) is 43.9 Å². The molecule has 58 heavy (non-hydrogen) atoms. The lowest BCUT2D eigenvalue weighted by molar-refractivity contribution is -0.392. The second-order valence-electron chi connectivity index (χ2n) is 15.2. The molecule has 8 rings (SSSR count). The molecule has 0 bridgehead atoms. The molecule has 2 amide bonds. The Balaban J connectivity index is 1.34. The second-order valence-corrected chi connectivity index (χ2v) is 15.2. The minimum Gasteiger partial charge on any atom is -0.504 e. The summed E-state index contributed by atoms with van der Waals surface area (Å²) in [5, 5.41) is 35.3.